The van der Waals surface area contributed by atoms with E-state index in [1.807, 2.05) is 9.80 Å². The number of piperazine rings is 1. The molecule has 2 saturated heterocycles. The van der Waals surface area contributed by atoms with E-state index in [-0.39, 0.29) is 11.8 Å². The maximum atomic E-state index is 13.0. The van der Waals surface area contributed by atoms with Crippen LogP contribution in [0, 0.1) is 13.8 Å². The first-order chi connectivity index (χ1) is 14.0. The van der Waals surface area contributed by atoms with Crippen LogP contribution in [-0.4, -0.2) is 65.9 Å². The van der Waals surface area contributed by atoms with E-state index in [4.69, 9.17) is 0 Å². The SMILES string of the molecule is Cc1cccc(N2CCN(C(=O)c3ccnc(C(=O)N4CCCC4)c3)CC2)c1C. The van der Waals surface area contributed by atoms with Gasteiger partial charge >= 0.3 is 0 Å². The molecule has 0 unspecified atom stereocenters. The Kier molecular flexibility index (Phi) is 5.51. The van der Waals surface area contributed by atoms with Gasteiger partial charge in [0.15, 0.2) is 0 Å². The number of hydrogen-bond acceptors (Lipinski definition) is 4. The molecule has 0 saturated carbocycles. The number of pyridine rings is 1. The van der Waals surface area contributed by atoms with Crippen molar-refractivity contribution in [3.05, 3.63) is 58.9 Å². The summed E-state index contributed by atoms with van der Waals surface area (Å²) in [5.41, 5.74) is 4.74. The van der Waals surface area contributed by atoms with Crippen LogP contribution in [0.5, 0.6) is 0 Å². The highest BCUT2D eigenvalue weighted by Crippen LogP contribution is 2.24. The quantitative estimate of drug-likeness (QED) is 0.806. The summed E-state index contributed by atoms with van der Waals surface area (Å²) in [6.07, 6.45) is 3.65. The highest BCUT2D eigenvalue weighted by molar-refractivity contribution is 5.98. The minimum atomic E-state index is -0.0723. The Hall–Kier alpha value is -2.89. The molecular weight excluding hydrogens is 364 g/mol. The second-order valence-corrected chi connectivity index (χ2v) is 7.93. The van der Waals surface area contributed by atoms with Gasteiger partial charge in [0.1, 0.15) is 5.69 Å². The van der Waals surface area contributed by atoms with E-state index in [1.165, 1.54) is 16.8 Å². The predicted octanol–water partition coefficient (Wildman–Crippen LogP) is 2.90. The maximum absolute atomic E-state index is 13.0. The Bertz CT molecular complexity index is 913. The highest BCUT2D eigenvalue weighted by Gasteiger charge is 2.25. The molecule has 6 nitrogen and oxygen atoms in total. The molecule has 3 heterocycles. The Morgan fingerprint density at radius 3 is 2.28 bits per heavy atom. The Balaban J connectivity index is 1.43. The van der Waals surface area contributed by atoms with Crippen molar-refractivity contribution in [3.63, 3.8) is 0 Å². The van der Waals surface area contributed by atoms with Crippen molar-refractivity contribution in [1.82, 2.24) is 14.8 Å². The van der Waals surface area contributed by atoms with Crippen LogP contribution in [0.15, 0.2) is 36.5 Å². The lowest BCUT2D eigenvalue weighted by Gasteiger charge is -2.37. The van der Waals surface area contributed by atoms with Crippen LogP contribution in [0.4, 0.5) is 5.69 Å². The van der Waals surface area contributed by atoms with Crippen LogP contribution < -0.4 is 4.90 Å². The third kappa shape index (κ3) is 3.97. The Morgan fingerprint density at radius 1 is 0.862 bits per heavy atom. The van der Waals surface area contributed by atoms with E-state index in [0.29, 0.717) is 24.3 Å². The van der Waals surface area contributed by atoms with Crippen molar-refractivity contribution in [3.8, 4) is 0 Å². The molecule has 0 radical (unpaired) electrons. The number of aryl methyl sites for hydroxylation is 1. The zero-order valence-electron chi connectivity index (χ0n) is 17.2. The normalized spacial score (nSPS) is 17.0. The standard InChI is InChI=1S/C23H28N4O2/c1-17-6-5-7-21(18(17)2)25-12-14-27(15-13-25)22(28)19-8-9-24-20(16-19)23(29)26-10-3-4-11-26/h5-9,16H,3-4,10-15H2,1-2H3. The fourth-order valence-corrected chi connectivity index (χ4v) is 4.17. The van der Waals surface area contributed by atoms with Gasteiger partial charge in [0.2, 0.25) is 0 Å². The van der Waals surface area contributed by atoms with E-state index in [2.05, 4.69) is 41.9 Å². The summed E-state index contributed by atoms with van der Waals surface area (Å²) in [6.45, 7) is 8.79. The van der Waals surface area contributed by atoms with Crippen molar-refractivity contribution in [2.24, 2.45) is 0 Å². The van der Waals surface area contributed by atoms with Gasteiger partial charge in [0, 0.05) is 56.7 Å². The fraction of sp³-hybridized carbons (Fsp3) is 0.435. The number of benzene rings is 1. The first-order valence-electron chi connectivity index (χ1n) is 10.4. The molecule has 4 rings (SSSR count). The van der Waals surface area contributed by atoms with Gasteiger partial charge in [0.25, 0.3) is 11.8 Å². The van der Waals surface area contributed by atoms with Gasteiger partial charge in [-0.2, -0.15) is 0 Å². The average Bonchev–Trinajstić information content (AvgIpc) is 3.30. The van der Waals surface area contributed by atoms with Gasteiger partial charge < -0.3 is 14.7 Å². The number of rotatable bonds is 3. The molecule has 1 aromatic carbocycles. The number of aromatic nitrogens is 1. The van der Waals surface area contributed by atoms with Crippen LogP contribution >= 0.6 is 0 Å². The molecule has 152 valence electrons. The van der Waals surface area contributed by atoms with Gasteiger partial charge in [0.05, 0.1) is 0 Å². The predicted molar refractivity (Wildman–Crippen MR) is 113 cm³/mol. The van der Waals surface area contributed by atoms with E-state index in [9.17, 15) is 9.59 Å². The number of likely N-dealkylation sites (tertiary alicyclic amines) is 1. The van der Waals surface area contributed by atoms with Crippen molar-refractivity contribution in [2.45, 2.75) is 26.7 Å². The number of amides is 2. The summed E-state index contributed by atoms with van der Waals surface area (Å²) in [7, 11) is 0. The summed E-state index contributed by atoms with van der Waals surface area (Å²) in [5, 5.41) is 0. The van der Waals surface area contributed by atoms with Crippen LogP contribution in [0.1, 0.15) is 44.8 Å². The van der Waals surface area contributed by atoms with Crippen LogP contribution in [0.2, 0.25) is 0 Å². The first kappa shape index (κ1) is 19.4. The van der Waals surface area contributed by atoms with Crippen molar-refractivity contribution in [1.29, 1.82) is 0 Å². The molecule has 2 aliphatic rings. The summed E-state index contributed by atoms with van der Waals surface area (Å²) in [4.78, 5) is 35.9. The second-order valence-electron chi connectivity index (χ2n) is 7.93. The van der Waals surface area contributed by atoms with Crippen LogP contribution in [-0.2, 0) is 0 Å². The van der Waals surface area contributed by atoms with Gasteiger partial charge in [-0.3, -0.25) is 14.6 Å². The topological polar surface area (TPSA) is 56.8 Å². The molecule has 0 aliphatic carbocycles. The smallest absolute Gasteiger partial charge is 0.272 e. The van der Waals surface area contributed by atoms with Crippen molar-refractivity contribution >= 4 is 17.5 Å². The van der Waals surface area contributed by atoms with Crippen molar-refractivity contribution < 1.29 is 9.59 Å². The van der Waals surface area contributed by atoms with E-state index in [0.717, 1.165) is 39.0 Å². The second kappa shape index (κ2) is 8.23. The fourth-order valence-electron chi connectivity index (χ4n) is 4.17. The molecule has 2 fully saturated rings. The molecule has 2 amide bonds. The minimum absolute atomic E-state index is 0.0245. The summed E-state index contributed by atoms with van der Waals surface area (Å²) < 4.78 is 0. The van der Waals surface area contributed by atoms with Crippen molar-refractivity contribution in [2.75, 3.05) is 44.2 Å². The highest BCUT2D eigenvalue weighted by atomic mass is 16.2. The zero-order valence-corrected chi connectivity index (χ0v) is 17.2. The molecule has 0 spiro atoms. The third-order valence-electron chi connectivity index (χ3n) is 6.10. The molecule has 1 aromatic heterocycles. The molecule has 2 aliphatic heterocycles. The van der Waals surface area contributed by atoms with E-state index < -0.39 is 0 Å². The van der Waals surface area contributed by atoms with Gasteiger partial charge in [-0.15, -0.1) is 0 Å². The Labute approximate surface area is 172 Å². The lowest BCUT2D eigenvalue weighted by Crippen LogP contribution is -2.49. The van der Waals surface area contributed by atoms with Gasteiger partial charge in [-0.1, -0.05) is 12.1 Å². The maximum Gasteiger partial charge on any atom is 0.272 e. The lowest BCUT2D eigenvalue weighted by molar-refractivity contribution is 0.0746. The molecule has 2 aromatic rings. The lowest BCUT2D eigenvalue weighted by atomic mass is 10.1. The molecule has 0 atom stereocenters. The zero-order chi connectivity index (χ0) is 20.4. The number of carbonyl (C=O) groups is 2. The van der Waals surface area contributed by atoms with Gasteiger partial charge in [-0.05, 0) is 56.0 Å². The molecule has 29 heavy (non-hydrogen) atoms. The number of hydrogen-bond donors (Lipinski definition) is 0. The first-order valence-corrected chi connectivity index (χ1v) is 10.4. The van der Waals surface area contributed by atoms with Crippen LogP contribution in [0.3, 0.4) is 0 Å². The number of carbonyl (C=O) groups excluding carboxylic acids is 2. The largest absolute Gasteiger partial charge is 0.368 e. The minimum Gasteiger partial charge on any atom is -0.368 e. The number of anilines is 1. The summed E-state index contributed by atoms with van der Waals surface area (Å²) >= 11 is 0. The molecule has 0 N–H and O–H groups in total. The molecule has 0 bridgehead atoms. The average molecular weight is 393 g/mol. The summed E-state index contributed by atoms with van der Waals surface area (Å²) in [6, 6.07) is 9.73. The van der Waals surface area contributed by atoms with E-state index >= 15 is 0 Å². The van der Waals surface area contributed by atoms with Crippen LogP contribution in [0.25, 0.3) is 0 Å². The van der Waals surface area contributed by atoms with E-state index in [1.54, 1.807) is 18.3 Å². The van der Waals surface area contributed by atoms with Gasteiger partial charge in [-0.25, -0.2) is 0 Å². The Morgan fingerprint density at radius 2 is 1.55 bits per heavy atom. The number of nitrogens with zero attached hydrogens (tertiary/aromatic N) is 4. The third-order valence-corrected chi connectivity index (χ3v) is 6.10. The molecule has 6 heteroatoms. The molecular formula is C23H28N4O2. The summed E-state index contributed by atoms with van der Waals surface area (Å²) in [5.74, 6) is -0.0969. The monoisotopic (exact) mass is 392 g/mol.